The molecule has 0 aliphatic heterocycles. The van der Waals surface area contributed by atoms with E-state index in [9.17, 15) is 14.9 Å². The number of rotatable bonds is 4. The summed E-state index contributed by atoms with van der Waals surface area (Å²) >= 11 is 0. The van der Waals surface area contributed by atoms with Crippen LogP contribution in [0.4, 0.5) is 5.69 Å². The van der Waals surface area contributed by atoms with Crippen molar-refractivity contribution in [3.8, 4) is 0 Å². The fraction of sp³-hybridized carbons (Fsp3) is 0.556. The Kier molecular flexibility index (Phi) is 3.60. The second kappa shape index (κ2) is 4.73. The lowest BCUT2D eigenvalue weighted by atomic mass is 10.3. The van der Waals surface area contributed by atoms with Gasteiger partial charge in [-0.05, 0) is 13.8 Å². The van der Waals surface area contributed by atoms with Gasteiger partial charge in [0.15, 0.2) is 0 Å². The van der Waals surface area contributed by atoms with Crippen LogP contribution in [0, 0.1) is 24.0 Å². The van der Waals surface area contributed by atoms with E-state index in [1.807, 2.05) is 0 Å². The minimum absolute atomic E-state index is 0.0443. The van der Waals surface area contributed by atoms with E-state index >= 15 is 0 Å². The Bertz CT molecular complexity index is 425. The molecule has 1 rings (SSSR count). The average Bonchev–Trinajstić information content (AvgIpc) is 2.41. The Balaban J connectivity index is 2.79. The Labute approximate surface area is 92.6 Å². The number of nitrogens with one attached hydrogen (secondary N) is 1. The lowest BCUT2D eigenvalue weighted by Gasteiger charge is -2.03. The zero-order chi connectivity index (χ0) is 12.3. The summed E-state index contributed by atoms with van der Waals surface area (Å²) in [5.74, 6) is -0.129. The minimum Gasteiger partial charge on any atom is -0.354 e. The molecule has 0 aromatic carbocycles. The summed E-state index contributed by atoms with van der Waals surface area (Å²) in [4.78, 5) is 20.9. The maximum atomic E-state index is 10.7. The zero-order valence-electron chi connectivity index (χ0n) is 9.48. The van der Waals surface area contributed by atoms with Gasteiger partial charge >= 0.3 is 5.69 Å². The van der Waals surface area contributed by atoms with Crippen molar-refractivity contribution in [3.05, 3.63) is 21.5 Å². The molecule has 0 fully saturated rings. The van der Waals surface area contributed by atoms with Crippen molar-refractivity contribution >= 4 is 11.6 Å². The van der Waals surface area contributed by atoms with Crippen LogP contribution in [0.15, 0.2) is 0 Å². The monoisotopic (exact) mass is 226 g/mol. The van der Waals surface area contributed by atoms with Crippen molar-refractivity contribution in [2.24, 2.45) is 0 Å². The van der Waals surface area contributed by atoms with Gasteiger partial charge in [-0.15, -0.1) is 0 Å². The first-order chi connectivity index (χ1) is 7.43. The van der Waals surface area contributed by atoms with Crippen molar-refractivity contribution in [2.45, 2.75) is 27.3 Å². The van der Waals surface area contributed by atoms with Crippen molar-refractivity contribution in [3.63, 3.8) is 0 Å². The van der Waals surface area contributed by atoms with Crippen molar-refractivity contribution in [2.75, 3.05) is 6.54 Å². The highest BCUT2D eigenvalue weighted by atomic mass is 16.6. The van der Waals surface area contributed by atoms with Crippen molar-refractivity contribution < 1.29 is 9.72 Å². The molecule has 0 unspecified atom stereocenters. The van der Waals surface area contributed by atoms with E-state index in [4.69, 9.17) is 0 Å². The van der Waals surface area contributed by atoms with Crippen LogP contribution in [0.2, 0.25) is 0 Å². The molecule has 1 aromatic heterocycles. The lowest BCUT2D eigenvalue weighted by Crippen LogP contribution is -2.25. The summed E-state index contributed by atoms with van der Waals surface area (Å²) in [6.45, 7) is 5.50. The van der Waals surface area contributed by atoms with Gasteiger partial charge in [0.2, 0.25) is 5.91 Å². The first kappa shape index (κ1) is 12.2. The molecular weight excluding hydrogens is 212 g/mol. The van der Waals surface area contributed by atoms with Gasteiger partial charge in [0.25, 0.3) is 0 Å². The quantitative estimate of drug-likeness (QED) is 0.599. The van der Waals surface area contributed by atoms with Crippen LogP contribution < -0.4 is 5.32 Å². The number of nitro groups is 1. The highest BCUT2D eigenvalue weighted by molar-refractivity contribution is 5.72. The molecule has 0 saturated carbocycles. The fourth-order valence-electron chi connectivity index (χ4n) is 1.51. The van der Waals surface area contributed by atoms with Gasteiger partial charge in [-0.3, -0.25) is 19.6 Å². The fourth-order valence-corrected chi connectivity index (χ4v) is 1.51. The molecule has 1 aromatic rings. The molecule has 0 saturated heterocycles. The second-order valence-corrected chi connectivity index (χ2v) is 3.48. The van der Waals surface area contributed by atoms with Gasteiger partial charge in [-0.25, -0.2) is 0 Å². The van der Waals surface area contributed by atoms with E-state index in [1.165, 1.54) is 11.6 Å². The molecular formula is C9H14N4O3. The number of carbonyl (C=O) groups excluding carboxylic acids is 1. The van der Waals surface area contributed by atoms with Crippen molar-refractivity contribution in [1.29, 1.82) is 0 Å². The zero-order valence-corrected chi connectivity index (χ0v) is 9.48. The summed E-state index contributed by atoms with van der Waals surface area (Å²) in [5.41, 5.74) is 0.945. The predicted octanol–water partition coefficient (Wildman–Crippen LogP) is 0.544. The van der Waals surface area contributed by atoms with Crippen LogP contribution in [-0.4, -0.2) is 27.2 Å². The second-order valence-electron chi connectivity index (χ2n) is 3.48. The Morgan fingerprint density at radius 1 is 1.56 bits per heavy atom. The molecule has 0 atom stereocenters. The molecule has 88 valence electrons. The molecule has 0 bridgehead atoms. The lowest BCUT2D eigenvalue weighted by molar-refractivity contribution is -0.386. The SMILES string of the molecule is CC(=O)NCCn1nc(C)c([N+](=O)[O-])c1C. The van der Waals surface area contributed by atoms with E-state index in [0.29, 0.717) is 24.5 Å². The molecule has 0 radical (unpaired) electrons. The Morgan fingerprint density at radius 3 is 2.62 bits per heavy atom. The van der Waals surface area contributed by atoms with Crippen LogP contribution in [-0.2, 0) is 11.3 Å². The van der Waals surface area contributed by atoms with Gasteiger partial charge in [0, 0.05) is 13.5 Å². The van der Waals surface area contributed by atoms with E-state index in [2.05, 4.69) is 10.4 Å². The molecule has 1 heterocycles. The number of aromatic nitrogens is 2. The summed E-state index contributed by atoms with van der Waals surface area (Å²) in [6, 6.07) is 0. The summed E-state index contributed by atoms with van der Waals surface area (Å²) < 4.78 is 1.53. The minimum atomic E-state index is -0.438. The summed E-state index contributed by atoms with van der Waals surface area (Å²) in [7, 11) is 0. The number of aryl methyl sites for hydroxylation is 1. The molecule has 1 amide bonds. The van der Waals surface area contributed by atoms with Crippen LogP contribution in [0.5, 0.6) is 0 Å². The highest BCUT2D eigenvalue weighted by Crippen LogP contribution is 2.21. The Hall–Kier alpha value is -1.92. The molecule has 1 N–H and O–H groups in total. The molecule has 0 spiro atoms. The third-order valence-electron chi connectivity index (χ3n) is 2.22. The average molecular weight is 226 g/mol. The largest absolute Gasteiger partial charge is 0.354 e. The number of amides is 1. The van der Waals surface area contributed by atoms with Gasteiger partial charge in [-0.1, -0.05) is 0 Å². The Morgan fingerprint density at radius 2 is 2.19 bits per heavy atom. The van der Waals surface area contributed by atoms with Crippen LogP contribution in [0.3, 0.4) is 0 Å². The predicted molar refractivity (Wildman–Crippen MR) is 57.0 cm³/mol. The topological polar surface area (TPSA) is 90.1 Å². The highest BCUT2D eigenvalue weighted by Gasteiger charge is 2.21. The molecule has 7 heteroatoms. The molecule has 0 aliphatic carbocycles. The third kappa shape index (κ3) is 2.56. The standard InChI is InChI=1S/C9H14N4O3/c1-6-9(13(15)16)7(2)12(11-6)5-4-10-8(3)14/h4-5H2,1-3H3,(H,10,14). The number of carbonyl (C=O) groups is 1. The van der Waals surface area contributed by atoms with Gasteiger partial charge in [-0.2, -0.15) is 5.10 Å². The van der Waals surface area contributed by atoms with Crippen molar-refractivity contribution in [1.82, 2.24) is 15.1 Å². The van der Waals surface area contributed by atoms with Gasteiger partial charge in [0.1, 0.15) is 11.4 Å². The first-order valence-electron chi connectivity index (χ1n) is 4.86. The van der Waals surface area contributed by atoms with Crippen LogP contribution >= 0.6 is 0 Å². The smallest absolute Gasteiger partial charge is 0.312 e. The third-order valence-corrected chi connectivity index (χ3v) is 2.22. The van der Waals surface area contributed by atoms with E-state index in [0.717, 1.165) is 0 Å². The first-order valence-corrected chi connectivity index (χ1v) is 4.86. The molecule has 0 aliphatic rings. The summed E-state index contributed by atoms with van der Waals surface area (Å²) in [6.07, 6.45) is 0. The number of nitrogens with zero attached hydrogens (tertiary/aromatic N) is 3. The van der Waals surface area contributed by atoms with E-state index in [1.54, 1.807) is 13.8 Å². The van der Waals surface area contributed by atoms with E-state index in [-0.39, 0.29) is 11.6 Å². The summed E-state index contributed by atoms with van der Waals surface area (Å²) in [5, 5.41) is 17.4. The molecule has 16 heavy (non-hydrogen) atoms. The number of hydrogen-bond donors (Lipinski definition) is 1. The maximum absolute atomic E-state index is 10.7. The van der Waals surface area contributed by atoms with Gasteiger partial charge < -0.3 is 5.32 Å². The van der Waals surface area contributed by atoms with Crippen LogP contribution in [0.25, 0.3) is 0 Å². The van der Waals surface area contributed by atoms with E-state index < -0.39 is 4.92 Å². The van der Waals surface area contributed by atoms with Crippen LogP contribution in [0.1, 0.15) is 18.3 Å². The molecule has 7 nitrogen and oxygen atoms in total. The maximum Gasteiger partial charge on any atom is 0.312 e. The number of hydrogen-bond acceptors (Lipinski definition) is 4. The van der Waals surface area contributed by atoms with Gasteiger partial charge in [0.05, 0.1) is 11.5 Å². The normalized spacial score (nSPS) is 10.2.